The lowest BCUT2D eigenvalue weighted by molar-refractivity contribution is -0.256. The van der Waals surface area contributed by atoms with Crippen molar-refractivity contribution in [2.75, 3.05) is 0 Å². The molecule has 1 aromatic heterocycles. The van der Waals surface area contributed by atoms with Gasteiger partial charge >= 0.3 is 5.97 Å². The molecule has 25 heavy (non-hydrogen) atoms. The largest absolute Gasteiger partial charge is 0.458 e. The van der Waals surface area contributed by atoms with E-state index in [4.69, 9.17) is 4.74 Å². The summed E-state index contributed by atoms with van der Waals surface area (Å²) in [6, 6.07) is 11.4. The van der Waals surface area contributed by atoms with Gasteiger partial charge in [-0.25, -0.2) is 4.79 Å². The average Bonchev–Trinajstić information content (AvgIpc) is 3.03. The van der Waals surface area contributed by atoms with E-state index in [0.29, 0.717) is 24.2 Å². The van der Waals surface area contributed by atoms with E-state index in [1.807, 2.05) is 58.0 Å². The molecular weight excluding hydrogens is 318 g/mol. The zero-order valence-corrected chi connectivity index (χ0v) is 15.1. The van der Waals surface area contributed by atoms with Crippen LogP contribution < -0.4 is 0 Å². The number of carbonyl (C=O) groups excluding carboxylic acids is 1. The van der Waals surface area contributed by atoms with Gasteiger partial charge in [0.1, 0.15) is 11.8 Å². The van der Waals surface area contributed by atoms with Crippen molar-refractivity contribution < 1.29 is 14.7 Å². The number of hydrogen-bond donors (Lipinski definition) is 2. The first-order valence-electron chi connectivity index (χ1n) is 8.50. The van der Waals surface area contributed by atoms with Crippen LogP contribution in [0.3, 0.4) is 0 Å². The Morgan fingerprint density at radius 1 is 1.20 bits per heavy atom. The summed E-state index contributed by atoms with van der Waals surface area (Å²) in [5.41, 5.74) is 1.05. The summed E-state index contributed by atoms with van der Waals surface area (Å²) in [6.45, 7) is 7.77. The van der Waals surface area contributed by atoms with E-state index >= 15 is 0 Å². The number of hydroxylamine groups is 2. The van der Waals surface area contributed by atoms with Crippen molar-refractivity contribution in [3.05, 3.63) is 42.1 Å². The second-order valence-corrected chi connectivity index (χ2v) is 7.91. The van der Waals surface area contributed by atoms with Gasteiger partial charge in [0.05, 0.1) is 5.69 Å². The topological polar surface area (TPSA) is 78.5 Å². The molecule has 2 aromatic rings. The van der Waals surface area contributed by atoms with Crippen molar-refractivity contribution in [3.63, 3.8) is 0 Å². The van der Waals surface area contributed by atoms with Gasteiger partial charge in [-0.15, -0.1) is 0 Å². The maximum absolute atomic E-state index is 12.5. The van der Waals surface area contributed by atoms with Gasteiger partial charge in [-0.3, -0.25) is 5.10 Å². The molecule has 6 nitrogen and oxygen atoms in total. The van der Waals surface area contributed by atoms with Gasteiger partial charge in [0.2, 0.25) is 0 Å². The second kappa shape index (κ2) is 6.28. The van der Waals surface area contributed by atoms with E-state index in [9.17, 15) is 10.0 Å². The molecule has 0 amide bonds. The lowest BCUT2D eigenvalue weighted by Gasteiger charge is -2.50. The van der Waals surface area contributed by atoms with Crippen molar-refractivity contribution in [2.45, 2.75) is 57.7 Å². The average molecular weight is 343 g/mol. The van der Waals surface area contributed by atoms with Crippen LogP contribution in [-0.4, -0.2) is 43.6 Å². The van der Waals surface area contributed by atoms with Crippen molar-refractivity contribution in [1.29, 1.82) is 0 Å². The summed E-state index contributed by atoms with van der Waals surface area (Å²) < 4.78 is 5.70. The minimum Gasteiger partial charge on any atom is -0.458 e. The lowest BCUT2D eigenvalue weighted by Crippen LogP contribution is -2.60. The van der Waals surface area contributed by atoms with E-state index in [0.717, 1.165) is 5.56 Å². The van der Waals surface area contributed by atoms with E-state index in [1.165, 1.54) is 5.06 Å². The van der Waals surface area contributed by atoms with Gasteiger partial charge < -0.3 is 9.94 Å². The van der Waals surface area contributed by atoms with E-state index in [2.05, 4.69) is 10.2 Å². The third kappa shape index (κ3) is 3.60. The standard InChI is InChI=1S/C19H25N3O3/c1-18(2)11-14(12-19(3,4)22(18)24)25-17(23)16-10-15(20-21-16)13-8-6-5-7-9-13/h5-10,14,24H,11-12H2,1-4H3,(H,20,21). The fourth-order valence-electron chi connectivity index (χ4n) is 3.66. The zero-order valence-electron chi connectivity index (χ0n) is 15.1. The first kappa shape index (κ1) is 17.6. The van der Waals surface area contributed by atoms with Crippen LogP contribution in [0, 0.1) is 0 Å². The summed E-state index contributed by atoms with van der Waals surface area (Å²) in [5, 5.41) is 18.7. The van der Waals surface area contributed by atoms with Gasteiger partial charge in [0.25, 0.3) is 0 Å². The number of aromatic amines is 1. The Morgan fingerprint density at radius 3 is 2.40 bits per heavy atom. The molecular formula is C19H25N3O3. The third-order valence-corrected chi connectivity index (χ3v) is 4.74. The van der Waals surface area contributed by atoms with Crippen molar-refractivity contribution in [1.82, 2.24) is 15.3 Å². The molecule has 1 aliphatic rings. The normalized spacial score (nSPS) is 20.4. The molecule has 0 atom stereocenters. The van der Waals surface area contributed by atoms with Gasteiger partial charge in [-0.1, -0.05) is 30.3 Å². The quantitative estimate of drug-likeness (QED) is 0.832. The number of H-pyrrole nitrogens is 1. The first-order chi connectivity index (χ1) is 11.7. The Bertz CT molecular complexity index is 734. The van der Waals surface area contributed by atoms with Crippen LogP contribution in [0.2, 0.25) is 0 Å². The van der Waals surface area contributed by atoms with Crippen LogP contribution in [0.5, 0.6) is 0 Å². The number of esters is 1. The monoisotopic (exact) mass is 343 g/mol. The molecule has 1 saturated heterocycles. The summed E-state index contributed by atoms with van der Waals surface area (Å²) in [6.07, 6.45) is 0.876. The molecule has 0 saturated carbocycles. The summed E-state index contributed by atoms with van der Waals surface area (Å²) in [7, 11) is 0. The van der Waals surface area contributed by atoms with Crippen LogP contribution in [0.25, 0.3) is 11.3 Å². The Labute approximate surface area is 147 Å². The molecule has 0 radical (unpaired) electrons. The highest BCUT2D eigenvalue weighted by molar-refractivity contribution is 5.88. The maximum atomic E-state index is 12.5. The van der Waals surface area contributed by atoms with Crippen molar-refractivity contribution >= 4 is 5.97 Å². The summed E-state index contributed by atoms with van der Waals surface area (Å²) in [5.74, 6) is -0.419. The predicted octanol–water partition coefficient (Wildman–Crippen LogP) is 3.64. The highest BCUT2D eigenvalue weighted by Gasteiger charge is 2.46. The number of rotatable bonds is 3. The molecule has 134 valence electrons. The Morgan fingerprint density at radius 2 is 1.80 bits per heavy atom. The molecule has 0 spiro atoms. The molecule has 0 unspecified atom stereocenters. The fourth-order valence-corrected chi connectivity index (χ4v) is 3.66. The summed E-state index contributed by atoms with van der Waals surface area (Å²) >= 11 is 0. The number of piperidine rings is 1. The SMILES string of the molecule is CC1(C)CC(OC(=O)c2cc(-c3ccccc3)n[nH]2)CC(C)(C)N1O. The molecule has 6 heteroatoms. The maximum Gasteiger partial charge on any atom is 0.356 e. The summed E-state index contributed by atoms with van der Waals surface area (Å²) in [4.78, 5) is 12.5. The van der Waals surface area contributed by atoms with E-state index in [-0.39, 0.29) is 6.10 Å². The molecule has 1 fully saturated rings. The number of hydrogen-bond acceptors (Lipinski definition) is 5. The van der Waals surface area contributed by atoms with Gasteiger partial charge in [0, 0.05) is 29.5 Å². The zero-order chi connectivity index (χ0) is 18.2. The third-order valence-electron chi connectivity index (χ3n) is 4.74. The Balaban J connectivity index is 1.72. The highest BCUT2D eigenvalue weighted by atomic mass is 16.5. The number of nitrogens with zero attached hydrogens (tertiary/aromatic N) is 2. The molecule has 0 bridgehead atoms. The number of benzene rings is 1. The number of carbonyl (C=O) groups is 1. The molecule has 3 rings (SSSR count). The van der Waals surface area contributed by atoms with E-state index in [1.54, 1.807) is 6.07 Å². The van der Waals surface area contributed by atoms with Crippen LogP contribution in [0.4, 0.5) is 0 Å². The second-order valence-electron chi connectivity index (χ2n) is 7.91. The molecule has 1 aliphatic heterocycles. The smallest absolute Gasteiger partial charge is 0.356 e. The van der Waals surface area contributed by atoms with E-state index < -0.39 is 17.0 Å². The Hall–Kier alpha value is -2.18. The van der Waals surface area contributed by atoms with Crippen LogP contribution >= 0.6 is 0 Å². The lowest BCUT2D eigenvalue weighted by atomic mass is 9.80. The van der Waals surface area contributed by atoms with Crippen molar-refractivity contribution in [2.24, 2.45) is 0 Å². The van der Waals surface area contributed by atoms with Crippen molar-refractivity contribution in [3.8, 4) is 11.3 Å². The predicted molar refractivity (Wildman–Crippen MR) is 94.2 cm³/mol. The molecule has 2 N–H and O–H groups in total. The van der Waals surface area contributed by atoms with Crippen LogP contribution in [0.15, 0.2) is 36.4 Å². The number of aromatic nitrogens is 2. The highest BCUT2D eigenvalue weighted by Crippen LogP contribution is 2.38. The fraction of sp³-hybridized carbons (Fsp3) is 0.474. The first-order valence-corrected chi connectivity index (χ1v) is 8.50. The van der Waals surface area contributed by atoms with Crippen LogP contribution in [-0.2, 0) is 4.74 Å². The van der Waals surface area contributed by atoms with Gasteiger partial charge in [-0.05, 0) is 33.8 Å². The minimum atomic E-state index is -0.462. The number of nitrogens with one attached hydrogen (secondary N) is 1. The Kier molecular flexibility index (Phi) is 4.43. The van der Waals surface area contributed by atoms with Gasteiger partial charge in [-0.2, -0.15) is 10.2 Å². The minimum absolute atomic E-state index is 0.260. The molecule has 0 aliphatic carbocycles. The molecule has 2 heterocycles. The molecule has 1 aromatic carbocycles. The van der Waals surface area contributed by atoms with Gasteiger partial charge in [0.15, 0.2) is 0 Å². The van der Waals surface area contributed by atoms with Crippen LogP contribution in [0.1, 0.15) is 51.0 Å². The number of ether oxygens (including phenoxy) is 1.